The van der Waals surface area contributed by atoms with Gasteiger partial charge in [0, 0.05) is 10.6 Å². The van der Waals surface area contributed by atoms with Crippen LogP contribution in [0, 0.1) is 13.8 Å². The molecule has 1 aromatic rings. The fraction of sp³-hybridized carbons (Fsp3) is 0.300. The molecule has 0 aliphatic rings. The molecule has 70 valence electrons. The number of carbonyl (C=O) groups is 1. The number of rotatable bonds is 2. The maximum absolute atomic E-state index is 11.5. The van der Waals surface area contributed by atoms with Crippen LogP contribution in [0.25, 0.3) is 0 Å². The predicted molar refractivity (Wildman–Crippen MR) is 59.1 cm³/mol. The molecule has 13 heavy (non-hydrogen) atoms. The smallest absolute Gasteiger partial charge is 0.173 e. The van der Waals surface area contributed by atoms with E-state index in [0.29, 0.717) is 10.4 Å². The van der Waals surface area contributed by atoms with Crippen LogP contribution in [0.5, 0.6) is 0 Å². The van der Waals surface area contributed by atoms with Crippen LogP contribution >= 0.6 is 27.5 Å². The first-order chi connectivity index (χ1) is 6.06. The molecule has 0 fully saturated rings. The molecule has 1 rings (SSSR count). The summed E-state index contributed by atoms with van der Waals surface area (Å²) in [5.74, 6) is 0.103. The molecular weight excluding hydrogens is 251 g/mol. The Hall–Kier alpha value is -0.340. The first kappa shape index (κ1) is 10.7. The molecule has 3 heteroatoms. The van der Waals surface area contributed by atoms with Crippen molar-refractivity contribution in [2.45, 2.75) is 13.8 Å². The molecular formula is C10H10BrClO. The van der Waals surface area contributed by atoms with Gasteiger partial charge in [-0.3, -0.25) is 4.79 Å². The SMILES string of the molecule is Cc1cc(Cl)cc(C)c1C(=O)CBr. The quantitative estimate of drug-likeness (QED) is 0.588. The number of Topliss-reactive ketones (excluding diaryl/α,β-unsaturated/α-hetero) is 1. The van der Waals surface area contributed by atoms with Crippen LogP contribution in [0.1, 0.15) is 21.5 Å². The highest BCUT2D eigenvalue weighted by Crippen LogP contribution is 2.20. The van der Waals surface area contributed by atoms with Gasteiger partial charge in [0.05, 0.1) is 5.33 Å². The second-order valence-electron chi connectivity index (χ2n) is 2.97. The van der Waals surface area contributed by atoms with Gasteiger partial charge in [0.25, 0.3) is 0 Å². The van der Waals surface area contributed by atoms with Crippen LogP contribution in [0.2, 0.25) is 5.02 Å². The van der Waals surface area contributed by atoms with Crippen molar-refractivity contribution < 1.29 is 4.79 Å². The van der Waals surface area contributed by atoms with E-state index in [-0.39, 0.29) is 5.78 Å². The lowest BCUT2D eigenvalue weighted by Crippen LogP contribution is -2.05. The van der Waals surface area contributed by atoms with Crippen LogP contribution in [0.3, 0.4) is 0 Å². The number of aryl methyl sites for hydroxylation is 2. The molecule has 0 unspecified atom stereocenters. The van der Waals surface area contributed by atoms with Gasteiger partial charge in [0.1, 0.15) is 0 Å². The normalized spacial score (nSPS) is 10.2. The molecule has 0 aromatic heterocycles. The van der Waals surface area contributed by atoms with Crippen molar-refractivity contribution in [2.75, 3.05) is 5.33 Å². The molecule has 0 radical (unpaired) electrons. The fourth-order valence-corrected chi connectivity index (χ4v) is 2.03. The van der Waals surface area contributed by atoms with E-state index >= 15 is 0 Å². The van der Waals surface area contributed by atoms with E-state index in [1.807, 2.05) is 26.0 Å². The second-order valence-corrected chi connectivity index (χ2v) is 3.97. The highest BCUT2D eigenvalue weighted by molar-refractivity contribution is 9.09. The lowest BCUT2D eigenvalue weighted by atomic mass is 10.0. The van der Waals surface area contributed by atoms with Gasteiger partial charge in [0.2, 0.25) is 0 Å². The minimum absolute atomic E-state index is 0.103. The first-order valence-corrected chi connectivity index (χ1v) is 5.42. The van der Waals surface area contributed by atoms with Crippen LogP contribution in [-0.4, -0.2) is 11.1 Å². The summed E-state index contributed by atoms with van der Waals surface area (Å²) < 4.78 is 0. The molecule has 0 amide bonds. The van der Waals surface area contributed by atoms with E-state index < -0.39 is 0 Å². The van der Waals surface area contributed by atoms with Crippen LogP contribution in [-0.2, 0) is 0 Å². The number of hydrogen-bond donors (Lipinski definition) is 0. The minimum Gasteiger partial charge on any atom is -0.293 e. The Morgan fingerprint density at radius 2 is 1.85 bits per heavy atom. The Kier molecular flexibility index (Phi) is 3.51. The first-order valence-electron chi connectivity index (χ1n) is 3.92. The molecule has 0 aliphatic heterocycles. The summed E-state index contributed by atoms with van der Waals surface area (Å²) in [6, 6.07) is 3.62. The molecule has 0 N–H and O–H groups in total. The zero-order valence-corrected chi connectivity index (χ0v) is 9.87. The number of ketones is 1. The van der Waals surface area contributed by atoms with Gasteiger partial charge >= 0.3 is 0 Å². The van der Waals surface area contributed by atoms with E-state index in [2.05, 4.69) is 15.9 Å². The number of hydrogen-bond acceptors (Lipinski definition) is 1. The van der Waals surface area contributed by atoms with E-state index in [4.69, 9.17) is 11.6 Å². The maximum Gasteiger partial charge on any atom is 0.173 e. The zero-order chi connectivity index (χ0) is 10.0. The zero-order valence-electron chi connectivity index (χ0n) is 7.53. The Morgan fingerprint density at radius 1 is 1.38 bits per heavy atom. The highest BCUT2D eigenvalue weighted by Gasteiger charge is 2.11. The number of carbonyl (C=O) groups excluding carboxylic acids is 1. The molecule has 0 heterocycles. The van der Waals surface area contributed by atoms with Gasteiger partial charge in [0.15, 0.2) is 5.78 Å². The Labute approximate surface area is 91.2 Å². The van der Waals surface area contributed by atoms with Crippen LogP contribution in [0.4, 0.5) is 0 Å². The number of alkyl halides is 1. The van der Waals surface area contributed by atoms with Crippen molar-refractivity contribution in [1.82, 2.24) is 0 Å². The standard InChI is InChI=1S/C10H10BrClO/c1-6-3-8(12)4-7(2)10(6)9(13)5-11/h3-4H,5H2,1-2H3. The maximum atomic E-state index is 11.5. The lowest BCUT2D eigenvalue weighted by Gasteiger charge is -2.07. The second kappa shape index (κ2) is 4.25. The molecule has 1 aromatic carbocycles. The summed E-state index contributed by atoms with van der Waals surface area (Å²) in [5, 5.41) is 1.04. The third kappa shape index (κ3) is 2.32. The van der Waals surface area contributed by atoms with Crippen molar-refractivity contribution in [1.29, 1.82) is 0 Å². The summed E-state index contributed by atoms with van der Waals surface area (Å²) in [6.07, 6.45) is 0. The Morgan fingerprint density at radius 3 is 2.23 bits per heavy atom. The van der Waals surface area contributed by atoms with E-state index in [1.165, 1.54) is 0 Å². The van der Waals surface area contributed by atoms with Crippen molar-refractivity contribution in [3.63, 3.8) is 0 Å². The largest absolute Gasteiger partial charge is 0.293 e. The average molecular weight is 262 g/mol. The Bertz CT molecular complexity index is 324. The number of benzene rings is 1. The van der Waals surface area contributed by atoms with Crippen LogP contribution < -0.4 is 0 Å². The van der Waals surface area contributed by atoms with Crippen LogP contribution in [0.15, 0.2) is 12.1 Å². The van der Waals surface area contributed by atoms with Crippen molar-refractivity contribution in [3.8, 4) is 0 Å². The lowest BCUT2D eigenvalue weighted by molar-refractivity contribution is 0.102. The minimum atomic E-state index is 0.103. The molecule has 0 aliphatic carbocycles. The molecule has 0 spiro atoms. The van der Waals surface area contributed by atoms with E-state index in [0.717, 1.165) is 16.7 Å². The van der Waals surface area contributed by atoms with E-state index in [9.17, 15) is 4.79 Å². The van der Waals surface area contributed by atoms with E-state index in [1.54, 1.807) is 0 Å². The van der Waals surface area contributed by atoms with Crippen molar-refractivity contribution in [3.05, 3.63) is 33.8 Å². The molecule has 0 bridgehead atoms. The van der Waals surface area contributed by atoms with Gasteiger partial charge in [-0.1, -0.05) is 27.5 Å². The van der Waals surface area contributed by atoms with Gasteiger partial charge in [-0.25, -0.2) is 0 Å². The third-order valence-corrected chi connectivity index (χ3v) is 2.63. The summed E-state index contributed by atoms with van der Waals surface area (Å²) in [4.78, 5) is 11.5. The molecule has 0 saturated carbocycles. The Balaban J connectivity index is 3.28. The van der Waals surface area contributed by atoms with Gasteiger partial charge in [-0.05, 0) is 37.1 Å². The molecule has 1 nitrogen and oxygen atoms in total. The summed E-state index contributed by atoms with van der Waals surface area (Å²) in [7, 11) is 0. The van der Waals surface area contributed by atoms with Gasteiger partial charge < -0.3 is 0 Å². The number of halogens is 2. The average Bonchev–Trinajstić information content (AvgIpc) is 2.02. The highest BCUT2D eigenvalue weighted by atomic mass is 79.9. The summed E-state index contributed by atoms with van der Waals surface area (Å²) in [5.41, 5.74) is 2.66. The topological polar surface area (TPSA) is 17.1 Å². The van der Waals surface area contributed by atoms with Crippen molar-refractivity contribution >= 4 is 33.3 Å². The monoisotopic (exact) mass is 260 g/mol. The van der Waals surface area contributed by atoms with Gasteiger partial charge in [-0.15, -0.1) is 0 Å². The summed E-state index contributed by atoms with van der Waals surface area (Å²) in [6.45, 7) is 3.80. The molecule has 0 atom stereocenters. The fourth-order valence-electron chi connectivity index (χ4n) is 1.42. The predicted octanol–water partition coefficient (Wildman–Crippen LogP) is 3.53. The summed E-state index contributed by atoms with van der Waals surface area (Å²) >= 11 is 9.00. The van der Waals surface area contributed by atoms with Crippen molar-refractivity contribution in [2.24, 2.45) is 0 Å². The third-order valence-electron chi connectivity index (χ3n) is 1.90. The van der Waals surface area contributed by atoms with Gasteiger partial charge in [-0.2, -0.15) is 0 Å². The molecule has 0 saturated heterocycles.